The van der Waals surface area contributed by atoms with Crippen molar-refractivity contribution in [2.75, 3.05) is 19.6 Å². The van der Waals surface area contributed by atoms with Crippen molar-refractivity contribution in [2.24, 2.45) is 0 Å². The monoisotopic (exact) mass is 262 g/mol. The third-order valence-corrected chi connectivity index (χ3v) is 3.59. The third-order valence-electron chi connectivity index (χ3n) is 3.59. The van der Waals surface area contributed by atoms with Gasteiger partial charge < -0.3 is 10.0 Å². The fourth-order valence-electron chi connectivity index (χ4n) is 2.52. The number of carbonyl (C=O) groups excluding carboxylic acids is 1. The summed E-state index contributed by atoms with van der Waals surface area (Å²) in [6, 6.07) is -0.686. The molecule has 7 heteroatoms. The largest absolute Gasteiger partial charge is 0.465 e. The molecule has 0 aromatic carbocycles. The zero-order valence-electron chi connectivity index (χ0n) is 9.94. The fourth-order valence-corrected chi connectivity index (χ4v) is 2.52. The summed E-state index contributed by atoms with van der Waals surface area (Å²) in [5, 5.41) is 8.95. The van der Waals surface area contributed by atoms with E-state index in [1.807, 2.05) is 0 Å². The summed E-state index contributed by atoms with van der Waals surface area (Å²) < 4.78 is 26.0. The Hall–Kier alpha value is -1.40. The van der Waals surface area contributed by atoms with E-state index in [-0.39, 0.29) is 31.8 Å². The van der Waals surface area contributed by atoms with E-state index in [9.17, 15) is 18.4 Å². The van der Waals surface area contributed by atoms with Crippen LogP contribution < -0.4 is 0 Å². The van der Waals surface area contributed by atoms with Crippen LogP contribution in [0.15, 0.2) is 0 Å². The Labute approximate surface area is 103 Å². The molecule has 0 aromatic heterocycles. The summed E-state index contributed by atoms with van der Waals surface area (Å²) in [5.74, 6) is -3.02. The standard InChI is InChI=1S/C11H16F2N2O3/c12-11(13)3-6-14(7-4-11)9(16)8-2-1-5-15(8)10(17)18/h8H,1-7H2,(H,17,18)/t8-/m0/s1. The van der Waals surface area contributed by atoms with E-state index in [1.165, 1.54) is 4.90 Å². The first-order valence-electron chi connectivity index (χ1n) is 6.07. The van der Waals surface area contributed by atoms with Crippen molar-refractivity contribution in [2.45, 2.75) is 37.6 Å². The van der Waals surface area contributed by atoms with E-state index in [2.05, 4.69) is 0 Å². The Morgan fingerprint density at radius 2 is 1.78 bits per heavy atom. The van der Waals surface area contributed by atoms with Gasteiger partial charge in [-0.1, -0.05) is 0 Å². The van der Waals surface area contributed by atoms with Gasteiger partial charge in [0.2, 0.25) is 5.91 Å². The highest BCUT2D eigenvalue weighted by atomic mass is 19.3. The van der Waals surface area contributed by atoms with E-state index >= 15 is 0 Å². The van der Waals surface area contributed by atoms with E-state index in [1.54, 1.807) is 0 Å². The molecule has 0 aliphatic carbocycles. The molecule has 0 radical (unpaired) electrons. The molecule has 2 heterocycles. The van der Waals surface area contributed by atoms with Gasteiger partial charge in [0.05, 0.1) is 0 Å². The average Bonchev–Trinajstić information content (AvgIpc) is 2.77. The van der Waals surface area contributed by atoms with Crippen LogP contribution in [-0.4, -0.2) is 58.5 Å². The number of halogens is 2. The van der Waals surface area contributed by atoms with Crippen LogP contribution in [0.3, 0.4) is 0 Å². The van der Waals surface area contributed by atoms with Gasteiger partial charge in [0.15, 0.2) is 0 Å². The minimum Gasteiger partial charge on any atom is -0.465 e. The quantitative estimate of drug-likeness (QED) is 0.776. The molecule has 5 nitrogen and oxygen atoms in total. The summed E-state index contributed by atoms with van der Waals surface area (Å²) in [6.07, 6.45) is -0.657. The number of nitrogens with zero attached hydrogens (tertiary/aromatic N) is 2. The highest BCUT2D eigenvalue weighted by Crippen LogP contribution is 2.29. The van der Waals surface area contributed by atoms with Crippen LogP contribution in [0, 0.1) is 0 Å². The predicted molar refractivity (Wildman–Crippen MR) is 58.5 cm³/mol. The Morgan fingerprint density at radius 3 is 2.33 bits per heavy atom. The normalized spacial score (nSPS) is 27.3. The Kier molecular flexibility index (Phi) is 3.41. The zero-order chi connectivity index (χ0) is 13.3. The van der Waals surface area contributed by atoms with Gasteiger partial charge in [-0.3, -0.25) is 9.69 Å². The number of carbonyl (C=O) groups is 2. The first-order chi connectivity index (χ1) is 8.41. The molecule has 2 fully saturated rings. The molecular formula is C11H16F2N2O3. The number of hydrogen-bond acceptors (Lipinski definition) is 2. The second-order valence-corrected chi connectivity index (χ2v) is 4.82. The molecule has 2 aliphatic heterocycles. The Balaban J connectivity index is 1.97. The highest BCUT2D eigenvalue weighted by molar-refractivity contribution is 5.86. The number of alkyl halides is 2. The molecule has 2 saturated heterocycles. The minimum absolute atomic E-state index is 0.00971. The van der Waals surface area contributed by atoms with E-state index in [4.69, 9.17) is 5.11 Å². The second kappa shape index (κ2) is 4.70. The maximum atomic E-state index is 13.0. The van der Waals surface area contributed by atoms with Crippen molar-refractivity contribution in [3.63, 3.8) is 0 Å². The van der Waals surface area contributed by atoms with E-state index in [0.717, 1.165) is 4.90 Å². The van der Waals surface area contributed by atoms with Crippen molar-refractivity contribution in [1.82, 2.24) is 9.80 Å². The van der Waals surface area contributed by atoms with Gasteiger partial charge in [0.25, 0.3) is 5.92 Å². The van der Waals surface area contributed by atoms with Gasteiger partial charge in [-0.2, -0.15) is 0 Å². The van der Waals surface area contributed by atoms with Gasteiger partial charge in [-0.25, -0.2) is 13.6 Å². The molecule has 0 unspecified atom stereocenters. The van der Waals surface area contributed by atoms with Crippen molar-refractivity contribution < 1.29 is 23.5 Å². The summed E-state index contributed by atoms with van der Waals surface area (Å²) in [5.41, 5.74) is 0. The molecule has 2 aliphatic rings. The molecule has 0 spiro atoms. The molecule has 1 atom stereocenters. The number of piperidine rings is 1. The summed E-state index contributed by atoms with van der Waals surface area (Å²) in [7, 11) is 0. The zero-order valence-corrected chi connectivity index (χ0v) is 9.94. The average molecular weight is 262 g/mol. The van der Waals surface area contributed by atoms with Gasteiger partial charge in [0, 0.05) is 32.5 Å². The lowest BCUT2D eigenvalue weighted by Crippen LogP contribution is -2.51. The summed E-state index contributed by atoms with van der Waals surface area (Å²) in [6.45, 7) is 0.362. The van der Waals surface area contributed by atoms with Crippen LogP contribution >= 0.6 is 0 Å². The van der Waals surface area contributed by atoms with Crippen molar-refractivity contribution in [3.8, 4) is 0 Å². The molecule has 102 valence electrons. The smallest absolute Gasteiger partial charge is 0.407 e. The number of rotatable bonds is 1. The molecule has 2 amide bonds. The molecule has 0 bridgehead atoms. The molecule has 0 aromatic rings. The van der Waals surface area contributed by atoms with Crippen molar-refractivity contribution >= 4 is 12.0 Å². The topological polar surface area (TPSA) is 60.9 Å². The minimum atomic E-state index is -2.70. The fraction of sp³-hybridized carbons (Fsp3) is 0.818. The van der Waals surface area contributed by atoms with Crippen molar-refractivity contribution in [1.29, 1.82) is 0 Å². The molecule has 2 rings (SSSR count). The van der Waals surface area contributed by atoms with Gasteiger partial charge in [0.1, 0.15) is 6.04 Å². The lowest BCUT2D eigenvalue weighted by atomic mass is 10.1. The number of hydrogen-bond donors (Lipinski definition) is 1. The number of amides is 2. The van der Waals surface area contributed by atoms with E-state index in [0.29, 0.717) is 19.4 Å². The third kappa shape index (κ3) is 2.54. The Morgan fingerprint density at radius 1 is 1.17 bits per heavy atom. The summed E-state index contributed by atoms with van der Waals surface area (Å²) >= 11 is 0. The SMILES string of the molecule is O=C([C@@H]1CCCN1C(=O)O)N1CCC(F)(F)CC1. The predicted octanol–water partition coefficient (Wildman–Crippen LogP) is 1.39. The van der Waals surface area contributed by atoms with Gasteiger partial charge >= 0.3 is 6.09 Å². The highest BCUT2D eigenvalue weighted by Gasteiger charge is 2.41. The van der Waals surface area contributed by atoms with Crippen LogP contribution in [0.5, 0.6) is 0 Å². The number of carboxylic acid groups (broad SMARTS) is 1. The van der Waals surface area contributed by atoms with Gasteiger partial charge in [-0.05, 0) is 12.8 Å². The lowest BCUT2D eigenvalue weighted by molar-refractivity contribution is -0.141. The maximum Gasteiger partial charge on any atom is 0.407 e. The molecule has 1 N–H and O–H groups in total. The van der Waals surface area contributed by atoms with Gasteiger partial charge in [-0.15, -0.1) is 0 Å². The lowest BCUT2D eigenvalue weighted by Gasteiger charge is -2.34. The van der Waals surface area contributed by atoms with Crippen LogP contribution in [0.1, 0.15) is 25.7 Å². The first-order valence-corrected chi connectivity index (χ1v) is 6.07. The van der Waals surface area contributed by atoms with Crippen LogP contribution in [0.2, 0.25) is 0 Å². The Bertz CT molecular complexity index is 352. The summed E-state index contributed by atoms with van der Waals surface area (Å²) in [4.78, 5) is 25.5. The first kappa shape index (κ1) is 13.0. The molecule has 0 saturated carbocycles. The molecule has 18 heavy (non-hydrogen) atoms. The maximum absolute atomic E-state index is 13.0. The van der Waals surface area contributed by atoms with Crippen LogP contribution in [0.25, 0.3) is 0 Å². The van der Waals surface area contributed by atoms with Crippen LogP contribution in [-0.2, 0) is 4.79 Å². The van der Waals surface area contributed by atoms with Crippen LogP contribution in [0.4, 0.5) is 13.6 Å². The number of likely N-dealkylation sites (tertiary alicyclic amines) is 2. The second-order valence-electron chi connectivity index (χ2n) is 4.82. The van der Waals surface area contributed by atoms with Crippen molar-refractivity contribution in [3.05, 3.63) is 0 Å². The molecular weight excluding hydrogens is 246 g/mol. The van der Waals surface area contributed by atoms with E-state index < -0.39 is 18.1 Å².